The molecule has 2 fully saturated rings. The van der Waals surface area contributed by atoms with E-state index < -0.39 is 11.1 Å². The smallest absolute Gasteiger partial charge is 0.294 e. The molecule has 29 heavy (non-hydrogen) atoms. The fourth-order valence-corrected chi connectivity index (χ4v) is 4.55. The first-order chi connectivity index (χ1) is 14.1. The Morgan fingerprint density at radius 3 is 2.72 bits per heavy atom. The maximum atomic E-state index is 13.0. The van der Waals surface area contributed by atoms with E-state index in [0.29, 0.717) is 11.4 Å². The zero-order valence-electron chi connectivity index (χ0n) is 15.9. The highest BCUT2D eigenvalue weighted by atomic mass is 32.2. The number of thioether (sulfide) groups is 1. The minimum absolute atomic E-state index is 0.0651. The largest absolute Gasteiger partial charge is 0.334 e. The second-order valence-electron chi connectivity index (χ2n) is 7.06. The SMILES string of the molecule is O=C1S/C(=C\c2ccccc2)C(=O)N1CC(=O)N1CCCC[C@@H]1c1cccnc1. The summed E-state index contributed by atoms with van der Waals surface area (Å²) in [6.07, 6.45) is 7.97. The van der Waals surface area contributed by atoms with Gasteiger partial charge in [0.25, 0.3) is 11.1 Å². The molecule has 0 spiro atoms. The number of rotatable bonds is 4. The van der Waals surface area contributed by atoms with Crippen LogP contribution in [0.2, 0.25) is 0 Å². The minimum atomic E-state index is -0.410. The number of pyridine rings is 1. The number of piperidine rings is 1. The lowest BCUT2D eigenvalue weighted by Crippen LogP contribution is -2.45. The third kappa shape index (κ3) is 4.24. The molecule has 2 aromatic rings. The van der Waals surface area contributed by atoms with E-state index in [4.69, 9.17) is 0 Å². The molecule has 4 rings (SSSR count). The van der Waals surface area contributed by atoms with Gasteiger partial charge in [-0.25, -0.2) is 0 Å². The maximum Gasteiger partial charge on any atom is 0.294 e. The molecule has 3 heterocycles. The number of hydrogen-bond donors (Lipinski definition) is 0. The van der Waals surface area contributed by atoms with Crippen LogP contribution < -0.4 is 0 Å². The van der Waals surface area contributed by atoms with Crippen LogP contribution in [-0.4, -0.2) is 44.9 Å². The molecule has 1 atom stereocenters. The average Bonchev–Trinajstić information content (AvgIpc) is 3.02. The van der Waals surface area contributed by atoms with Crippen LogP contribution in [0.4, 0.5) is 4.79 Å². The number of nitrogens with zero attached hydrogens (tertiary/aromatic N) is 3. The lowest BCUT2D eigenvalue weighted by Gasteiger charge is -2.36. The number of imide groups is 1. The van der Waals surface area contributed by atoms with Crippen molar-refractivity contribution < 1.29 is 14.4 Å². The average molecular weight is 407 g/mol. The van der Waals surface area contributed by atoms with E-state index in [1.165, 1.54) is 0 Å². The first kappa shape index (κ1) is 19.4. The van der Waals surface area contributed by atoms with Crippen molar-refractivity contribution in [2.75, 3.05) is 13.1 Å². The maximum absolute atomic E-state index is 13.0. The van der Waals surface area contributed by atoms with Crippen molar-refractivity contribution in [1.82, 2.24) is 14.8 Å². The van der Waals surface area contributed by atoms with E-state index in [2.05, 4.69) is 4.98 Å². The summed E-state index contributed by atoms with van der Waals surface area (Å²) in [6, 6.07) is 13.1. The molecule has 0 saturated carbocycles. The number of amides is 3. The second-order valence-corrected chi connectivity index (χ2v) is 8.06. The van der Waals surface area contributed by atoms with Crippen molar-refractivity contribution in [2.24, 2.45) is 0 Å². The van der Waals surface area contributed by atoms with Gasteiger partial charge in [-0.15, -0.1) is 0 Å². The summed E-state index contributed by atoms with van der Waals surface area (Å²) in [5.41, 5.74) is 1.83. The Bertz CT molecular complexity index is 946. The summed E-state index contributed by atoms with van der Waals surface area (Å²) < 4.78 is 0. The summed E-state index contributed by atoms with van der Waals surface area (Å²) >= 11 is 0.880. The Balaban J connectivity index is 1.49. The molecule has 7 heteroatoms. The zero-order valence-corrected chi connectivity index (χ0v) is 16.7. The summed E-state index contributed by atoms with van der Waals surface area (Å²) in [5.74, 6) is -0.617. The molecule has 6 nitrogen and oxygen atoms in total. The van der Waals surface area contributed by atoms with Crippen LogP contribution in [0.3, 0.4) is 0 Å². The fraction of sp³-hybridized carbons (Fsp3) is 0.273. The van der Waals surface area contributed by atoms with Gasteiger partial charge in [-0.2, -0.15) is 0 Å². The molecule has 0 bridgehead atoms. The van der Waals surface area contributed by atoms with Crippen LogP contribution in [-0.2, 0) is 9.59 Å². The summed E-state index contributed by atoms with van der Waals surface area (Å²) in [4.78, 5) is 45.5. The van der Waals surface area contributed by atoms with Crippen molar-refractivity contribution in [1.29, 1.82) is 0 Å². The normalized spacial score (nSPS) is 21.1. The molecule has 1 aromatic heterocycles. The summed E-state index contributed by atoms with van der Waals surface area (Å²) in [6.45, 7) is 0.391. The monoisotopic (exact) mass is 407 g/mol. The Morgan fingerprint density at radius 1 is 1.14 bits per heavy atom. The Hall–Kier alpha value is -2.93. The molecule has 2 aliphatic rings. The van der Waals surface area contributed by atoms with E-state index in [1.54, 1.807) is 23.4 Å². The Morgan fingerprint density at radius 2 is 1.97 bits per heavy atom. The van der Waals surface area contributed by atoms with Gasteiger partial charge in [-0.3, -0.25) is 24.3 Å². The molecule has 1 aromatic carbocycles. The highest BCUT2D eigenvalue weighted by molar-refractivity contribution is 8.18. The summed E-state index contributed by atoms with van der Waals surface area (Å²) in [5, 5.41) is -0.402. The van der Waals surface area contributed by atoms with Crippen LogP contribution in [0.1, 0.15) is 36.4 Å². The van der Waals surface area contributed by atoms with Gasteiger partial charge in [0.2, 0.25) is 5.91 Å². The first-order valence-electron chi connectivity index (χ1n) is 9.63. The van der Waals surface area contributed by atoms with Crippen LogP contribution in [0.5, 0.6) is 0 Å². The van der Waals surface area contributed by atoms with Crippen LogP contribution in [0.15, 0.2) is 59.8 Å². The van der Waals surface area contributed by atoms with E-state index >= 15 is 0 Å². The highest BCUT2D eigenvalue weighted by Gasteiger charge is 2.38. The fourth-order valence-electron chi connectivity index (χ4n) is 3.71. The number of likely N-dealkylation sites (tertiary alicyclic amines) is 1. The standard InChI is InChI=1S/C22H21N3O3S/c26-20(24-12-5-4-10-18(24)17-9-6-11-23-14-17)15-25-21(27)19(29-22(25)28)13-16-7-2-1-3-8-16/h1-3,6-9,11,13-14,18H,4-5,10,12,15H2/b19-13-/t18-/m1/s1. The van der Waals surface area contributed by atoms with E-state index in [9.17, 15) is 14.4 Å². The molecule has 0 aliphatic carbocycles. The molecule has 0 N–H and O–H groups in total. The van der Waals surface area contributed by atoms with Gasteiger partial charge < -0.3 is 4.90 Å². The second kappa shape index (κ2) is 8.61. The quantitative estimate of drug-likeness (QED) is 0.720. The van der Waals surface area contributed by atoms with Gasteiger partial charge in [0.1, 0.15) is 6.54 Å². The molecular formula is C22H21N3O3S. The third-order valence-corrected chi connectivity index (χ3v) is 6.06. The Kier molecular flexibility index (Phi) is 5.76. The Labute approximate surface area is 173 Å². The van der Waals surface area contributed by atoms with Gasteiger partial charge in [0.05, 0.1) is 10.9 Å². The molecule has 0 radical (unpaired) electrons. The van der Waals surface area contributed by atoms with Gasteiger partial charge in [0, 0.05) is 18.9 Å². The zero-order chi connectivity index (χ0) is 20.2. The van der Waals surface area contributed by atoms with Crippen LogP contribution in [0, 0.1) is 0 Å². The number of benzene rings is 1. The predicted octanol–water partition coefficient (Wildman–Crippen LogP) is 3.87. The van der Waals surface area contributed by atoms with Gasteiger partial charge in [0.15, 0.2) is 0 Å². The van der Waals surface area contributed by atoms with E-state index in [-0.39, 0.29) is 18.5 Å². The number of carbonyl (C=O) groups excluding carboxylic acids is 3. The third-order valence-electron chi connectivity index (χ3n) is 5.16. The predicted molar refractivity (Wildman–Crippen MR) is 112 cm³/mol. The van der Waals surface area contributed by atoms with Crippen molar-refractivity contribution in [2.45, 2.75) is 25.3 Å². The number of carbonyl (C=O) groups is 3. The van der Waals surface area contributed by atoms with E-state index in [1.807, 2.05) is 42.5 Å². The van der Waals surface area contributed by atoms with E-state index in [0.717, 1.165) is 47.1 Å². The highest BCUT2D eigenvalue weighted by Crippen LogP contribution is 2.34. The lowest BCUT2D eigenvalue weighted by atomic mass is 9.96. The molecular weight excluding hydrogens is 386 g/mol. The molecule has 3 amide bonds. The van der Waals surface area contributed by atoms with Gasteiger partial charge in [-0.1, -0.05) is 36.4 Å². The number of hydrogen-bond acceptors (Lipinski definition) is 5. The van der Waals surface area contributed by atoms with Crippen molar-refractivity contribution in [3.8, 4) is 0 Å². The molecule has 0 unspecified atom stereocenters. The lowest BCUT2D eigenvalue weighted by molar-refractivity contribution is -0.138. The topological polar surface area (TPSA) is 70.6 Å². The molecule has 2 saturated heterocycles. The van der Waals surface area contributed by atoms with Crippen LogP contribution in [0.25, 0.3) is 6.08 Å². The van der Waals surface area contributed by atoms with Crippen LogP contribution >= 0.6 is 11.8 Å². The van der Waals surface area contributed by atoms with Gasteiger partial charge in [-0.05, 0) is 54.3 Å². The van der Waals surface area contributed by atoms with Gasteiger partial charge >= 0.3 is 0 Å². The van der Waals surface area contributed by atoms with Crippen molar-refractivity contribution in [3.05, 3.63) is 70.9 Å². The molecule has 148 valence electrons. The molecule has 2 aliphatic heterocycles. The summed E-state index contributed by atoms with van der Waals surface area (Å²) in [7, 11) is 0. The minimum Gasteiger partial charge on any atom is -0.334 e. The van der Waals surface area contributed by atoms with Crippen molar-refractivity contribution >= 4 is 34.9 Å². The van der Waals surface area contributed by atoms with Crippen molar-refractivity contribution in [3.63, 3.8) is 0 Å². The first-order valence-corrected chi connectivity index (χ1v) is 10.4. The number of aromatic nitrogens is 1.